The van der Waals surface area contributed by atoms with Crippen LogP contribution in [-0.4, -0.2) is 22.9 Å². The smallest absolute Gasteiger partial charge is 0.411 e. The van der Waals surface area contributed by atoms with Crippen LogP contribution in [0.5, 0.6) is 0 Å². The molecule has 0 atom stereocenters. The summed E-state index contributed by atoms with van der Waals surface area (Å²) in [7, 11) is 0. The Bertz CT molecular complexity index is 898. The second kappa shape index (κ2) is 9.59. The van der Waals surface area contributed by atoms with E-state index in [1.165, 1.54) is 12.1 Å². The zero-order valence-corrected chi connectivity index (χ0v) is 16.7. The van der Waals surface area contributed by atoms with Crippen molar-refractivity contribution in [3.05, 3.63) is 56.6 Å². The van der Waals surface area contributed by atoms with Crippen molar-refractivity contribution in [2.75, 3.05) is 0 Å². The lowest BCUT2D eigenvalue weighted by Crippen LogP contribution is -2.29. The van der Waals surface area contributed by atoms with Gasteiger partial charge in [0.1, 0.15) is 0 Å². The van der Waals surface area contributed by atoms with Gasteiger partial charge in [0.05, 0.1) is 15.6 Å². The molecule has 1 aliphatic carbocycles. The maximum Gasteiger partial charge on any atom is 0.411 e. The highest BCUT2D eigenvalue weighted by atomic mass is 35.5. The maximum atomic E-state index is 12.4. The van der Waals surface area contributed by atoms with E-state index in [9.17, 15) is 14.4 Å². The van der Waals surface area contributed by atoms with Crippen LogP contribution in [-0.2, 0) is 11.2 Å². The van der Waals surface area contributed by atoms with Crippen LogP contribution >= 0.6 is 23.2 Å². The van der Waals surface area contributed by atoms with Crippen molar-refractivity contribution in [2.45, 2.75) is 32.6 Å². The third-order valence-corrected chi connectivity index (χ3v) is 4.91. The molecule has 1 fully saturated rings. The molecule has 0 spiro atoms. The summed E-state index contributed by atoms with van der Waals surface area (Å²) >= 11 is 12.2. The molecule has 0 saturated heterocycles. The van der Waals surface area contributed by atoms with Gasteiger partial charge in [-0.15, -0.1) is 6.42 Å². The summed E-state index contributed by atoms with van der Waals surface area (Å²) in [6.07, 6.45) is 10.2. The molecule has 1 aromatic carbocycles. The number of aryl methyl sites for hydroxylation is 1. The summed E-state index contributed by atoms with van der Waals surface area (Å²) in [5.41, 5.74) is 2.19. The molecule has 0 radical (unpaired) electrons. The van der Waals surface area contributed by atoms with Gasteiger partial charge in [0.15, 0.2) is 5.78 Å². The molecule has 1 aromatic rings. The molecule has 1 aliphatic rings. The Labute approximate surface area is 173 Å². The first kappa shape index (κ1) is 21.7. The number of ketones is 1. The first-order valence-corrected chi connectivity index (χ1v) is 9.38. The molecule has 2 amide bonds. The van der Waals surface area contributed by atoms with E-state index < -0.39 is 12.0 Å². The SMILES string of the molecule is C#C/C=C(\C=C(/C)C(=O)CCc1cc(Cl)c(C(=O)NC(=O)O)c(Cl)c1)C1CC1. The lowest BCUT2D eigenvalue weighted by molar-refractivity contribution is -0.115. The molecular weight excluding hydrogens is 401 g/mol. The molecule has 146 valence electrons. The standard InChI is InChI=1S/C21H19Cl2NO4/c1-3-4-15(14-6-7-14)9-12(2)18(25)8-5-13-10-16(22)19(17(23)11-13)20(26)24-21(27)28/h1,4,9-11,14H,5-8H2,2H3,(H,24,26)(H,27,28)/b12-9+,15-4+. The Morgan fingerprint density at radius 3 is 2.39 bits per heavy atom. The number of benzene rings is 1. The van der Waals surface area contributed by atoms with Crippen LogP contribution in [0.15, 0.2) is 35.4 Å². The molecule has 0 unspecified atom stereocenters. The number of halogens is 2. The average Bonchev–Trinajstić information content (AvgIpc) is 3.42. The number of allylic oxidation sites excluding steroid dienone is 4. The maximum absolute atomic E-state index is 12.4. The second-order valence-electron chi connectivity index (χ2n) is 6.53. The Morgan fingerprint density at radius 2 is 1.89 bits per heavy atom. The number of carboxylic acid groups (broad SMARTS) is 1. The normalized spacial score (nSPS) is 14.4. The van der Waals surface area contributed by atoms with Gasteiger partial charge in [-0.25, -0.2) is 4.79 Å². The van der Waals surface area contributed by atoms with Crippen molar-refractivity contribution in [1.82, 2.24) is 5.32 Å². The first-order valence-electron chi connectivity index (χ1n) is 8.62. The molecule has 1 saturated carbocycles. The molecule has 5 nitrogen and oxygen atoms in total. The Kier molecular flexibility index (Phi) is 7.45. The van der Waals surface area contributed by atoms with Crippen LogP contribution in [0.4, 0.5) is 4.79 Å². The molecule has 2 rings (SSSR count). The number of amides is 2. The van der Waals surface area contributed by atoms with Crippen LogP contribution in [0.3, 0.4) is 0 Å². The topological polar surface area (TPSA) is 83.5 Å². The van der Waals surface area contributed by atoms with Crippen molar-refractivity contribution in [3.63, 3.8) is 0 Å². The molecule has 0 heterocycles. The summed E-state index contributed by atoms with van der Waals surface area (Å²) in [4.78, 5) is 34.9. The van der Waals surface area contributed by atoms with Crippen LogP contribution in [0.25, 0.3) is 0 Å². The predicted octanol–water partition coefficient (Wildman–Crippen LogP) is 4.82. The van der Waals surface area contributed by atoms with Gasteiger partial charge >= 0.3 is 6.09 Å². The first-order chi connectivity index (χ1) is 13.2. The van der Waals surface area contributed by atoms with Crippen LogP contribution < -0.4 is 5.32 Å². The largest absolute Gasteiger partial charge is 0.465 e. The highest BCUT2D eigenvalue weighted by molar-refractivity contribution is 6.40. The number of carbonyl (C=O) groups is 3. The highest BCUT2D eigenvalue weighted by Crippen LogP contribution is 2.37. The summed E-state index contributed by atoms with van der Waals surface area (Å²) in [6.45, 7) is 1.76. The minimum Gasteiger partial charge on any atom is -0.465 e. The van der Waals surface area contributed by atoms with Crippen LogP contribution in [0.2, 0.25) is 10.0 Å². The fourth-order valence-electron chi connectivity index (χ4n) is 2.72. The van der Waals surface area contributed by atoms with Gasteiger partial charge in [0, 0.05) is 6.42 Å². The Hall–Kier alpha value is -2.55. The minimum absolute atomic E-state index is 0.0222. The Morgan fingerprint density at radius 1 is 1.29 bits per heavy atom. The number of rotatable bonds is 7. The van der Waals surface area contributed by atoms with Gasteiger partial charge in [0.2, 0.25) is 0 Å². The van der Waals surface area contributed by atoms with Gasteiger partial charge < -0.3 is 5.11 Å². The van der Waals surface area contributed by atoms with E-state index in [2.05, 4.69) is 5.92 Å². The number of hydrogen-bond donors (Lipinski definition) is 2. The van der Waals surface area contributed by atoms with Gasteiger partial charge in [-0.05, 0) is 67.0 Å². The molecule has 2 N–H and O–H groups in total. The number of hydrogen-bond acceptors (Lipinski definition) is 3. The number of Topliss-reactive ketones (excluding diaryl/α,β-unsaturated/α-hetero) is 1. The van der Waals surface area contributed by atoms with E-state index in [-0.39, 0.29) is 27.8 Å². The second-order valence-corrected chi connectivity index (χ2v) is 7.34. The fourth-order valence-corrected chi connectivity index (χ4v) is 3.43. The Balaban J connectivity index is 2.07. The minimum atomic E-state index is -1.50. The van der Waals surface area contributed by atoms with Gasteiger partial charge in [-0.2, -0.15) is 0 Å². The summed E-state index contributed by atoms with van der Waals surface area (Å²) < 4.78 is 0. The van der Waals surface area contributed by atoms with Crippen molar-refractivity contribution in [3.8, 4) is 12.3 Å². The van der Waals surface area contributed by atoms with Gasteiger partial charge in [-0.3, -0.25) is 14.9 Å². The monoisotopic (exact) mass is 419 g/mol. The van der Waals surface area contributed by atoms with Crippen molar-refractivity contribution < 1.29 is 19.5 Å². The fraction of sp³-hybridized carbons (Fsp3) is 0.286. The van der Waals surface area contributed by atoms with E-state index in [0.29, 0.717) is 23.5 Å². The molecule has 28 heavy (non-hydrogen) atoms. The zero-order valence-electron chi connectivity index (χ0n) is 15.2. The highest BCUT2D eigenvalue weighted by Gasteiger charge is 2.25. The number of terminal acetylenes is 1. The molecule has 0 bridgehead atoms. The van der Waals surface area contributed by atoms with Crippen molar-refractivity contribution in [2.24, 2.45) is 5.92 Å². The van der Waals surface area contributed by atoms with E-state index in [0.717, 1.165) is 18.4 Å². The van der Waals surface area contributed by atoms with E-state index in [4.69, 9.17) is 34.7 Å². The number of nitrogens with one attached hydrogen (secondary N) is 1. The summed E-state index contributed by atoms with van der Waals surface area (Å²) in [5.74, 6) is 2.03. The molecular formula is C21H19Cl2NO4. The number of carbonyl (C=O) groups excluding carboxylic acids is 2. The van der Waals surface area contributed by atoms with Gasteiger partial charge in [0.25, 0.3) is 5.91 Å². The summed E-state index contributed by atoms with van der Waals surface area (Å²) in [6, 6.07) is 3.01. The predicted molar refractivity (Wildman–Crippen MR) is 109 cm³/mol. The third kappa shape index (κ3) is 5.98. The number of imide groups is 1. The van der Waals surface area contributed by atoms with Crippen LogP contribution in [0.1, 0.15) is 42.1 Å². The van der Waals surface area contributed by atoms with Crippen LogP contribution in [0, 0.1) is 18.3 Å². The average molecular weight is 420 g/mol. The lowest BCUT2D eigenvalue weighted by Gasteiger charge is -2.09. The molecule has 0 aliphatic heterocycles. The molecule has 0 aromatic heterocycles. The van der Waals surface area contributed by atoms with E-state index in [1.807, 2.05) is 6.08 Å². The van der Waals surface area contributed by atoms with E-state index >= 15 is 0 Å². The summed E-state index contributed by atoms with van der Waals surface area (Å²) in [5, 5.41) is 10.4. The third-order valence-electron chi connectivity index (χ3n) is 4.31. The zero-order chi connectivity index (χ0) is 20.8. The van der Waals surface area contributed by atoms with E-state index in [1.54, 1.807) is 18.3 Å². The van der Waals surface area contributed by atoms with Crippen molar-refractivity contribution >= 4 is 41.0 Å². The van der Waals surface area contributed by atoms with Gasteiger partial charge in [-0.1, -0.05) is 35.2 Å². The quantitative estimate of drug-likeness (QED) is 0.377. The lowest BCUT2D eigenvalue weighted by atomic mass is 9.99. The molecule has 7 heteroatoms. The van der Waals surface area contributed by atoms with Crippen molar-refractivity contribution in [1.29, 1.82) is 0 Å².